The van der Waals surface area contributed by atoms with E-state index in [-0.39, 0.29) is 17.3 Å². The van der Waals surface area contributed by atoms with Crippen LogP contribution in [0.3, 0.4) is 0 Å². The van der Waals surface area contributed by atoms with Crippen molar-refractivity contribution >= 4 is 28.1 Å². The Morgan fingerprint density at radius 1 is 1.18 bits per heavy atom. The van der Waals surface area contributed by atoms with Crippen LogP contribution in [0.1, 0.15) is 10.5 Å². The first-order valence-electron chi connectivity index (χ1n) is 6.66. The molecule has 22 heavy (non-hydrogen) atoms. The van der Waals surface area contributed by atoms with E-state index in [2.05, 4.69) is 5.32 Å². The minimum Gasteiger partial charge on any atom is -0.340 e. The van der Waals surface area contributed by atoms with Crippen molar-refractivity contribution in [2.75, 3.05) is 5.32 Å². The number of carbonyl (C=O) groups excluding carboxylic acids is 1. The zero-order chi connectivity index (χ0) is 15.7. The van der Waals surface area contributed by atoms with E-state index in [4.69, 9.17) is 0 Å². The lowest BCUT2D eigenvalue weighted by Crippen LogP contribution is -2.15. The second-order valence-electron chi connectivity index (χ2n) is 4.93. The molecule has 0 radical (unpaired) electrons. The zero-order valence-electron chi connectivity index (χ0n) is 11.8. The summed E-state index contributed by atoms with van der Waals surface area (Å²) in [5, 5.41) is 15.5. The maximum absolute atomic E-state index is 12.4. The molecule has 1 aromatic heterocycles. The Hall–Kier alpha value is -3.15. The molecule has 6 nitrogen and oxygen atoms in total. The predicted molar refractivity (Wildman–Crippen MR) is 84.0 cm³/mol. The molecule has 0 aliphatic carbocycles. The van der Waals surface area contributed by atoms with Gasteiger partial charge in [-0.1, -0.05) is 36.4 Å². The van der Waals surface area contributed by atoms with Crippen LogP contribution in [0.5, 0.6) is 0 Å². The predicted octanol–water partition coefficient (Wildman–Crippen LogP) is 3.34. The third-order valence-corrected chi connectivity index (χ3v) is 3.47. The number of anilines is 1. The quantitative estimate of drug-likeness (QED) is 0.594. The number of benzene rings is 2. The van der Waals surface area contributed by atoms with Crippen LogP contribution in [0.2, 0.25) is 0 Å². The summed E-state index contributed by atoms with van der Waals surface area (Å²) in [6, 6.07) is 14.6. The van der Waals surface area contributed by atoms with Crippen LogP contribution in [0.25, 0.3) is 10.8 Å². The van der Waals surface area contributed by atoms with Crippen molar-refractivity contribution in [2.24, 2.45) is 7.05 Å². The van der Waals surface area contributed by atoms with Crippen LogP contribution < -0.4 is 5.32 Å². The molecule has 0 spiro atoms. The average molecular weight is 295 g/mol. The summed E-state index contributed by atoms with van der Waals surface area (Å²) in [6.45, 7) is 0. The fraction of sp³-hybridized carbons (Fsp3) is 0.0625. The van der Waals surface area contributed by atoms with Gasteiger partial charge in [-0.2, -0.15) is 0 Å². The van der Waals surface area contributed by atoms with Crippen molar-refractivity contribution in [3.63, 3.8) is 0 Å². The average Bonchev–Trinajstić information content (AvgIpc) is 2.90. The molecule has 0 bridgehead atoms. The first-order valence-corrected chi connectivity index (χ1v) is 6.66. The molecule has 0 saturated heterocycles. The molecule has 1 N–H and O–H groups in total. The second-order valence-corrected chi connectivity index (χ2v) is 4.93. The van der Waals surface area contributed by atoms with Crippen molar-refractivity contribution in [1.82, 2.24) is 4.57 Å². The molecule has 6 heteroatoms. The van der Waals surface area contributed by atoms with E-state index in [0.717, 1.165) is 10.8 Å². The first kappa shape index (κ1) is 13.8. The third kappa shape index (κ3) is 2.42. The molecule has 0 unspecified atom stereocenters. The topological polar surface area (TPSA) is 77.2 Å². The van der Waals surface area contributed by atoms with Crippen LogP contribution in [-0.2, 0) is 7.05 Å². The van der Waals surface area contributed by atoms with E-state index in [1.807, 2.05) is 36.4 Å². The Kier molecular flexibility index (Phi) is 3.34. The first-order chi connectivity index (χ1) is 10.6. The van der Waals surface area contributed by atoms with Gasteiger partial charge in [-0.25, -0.2) is 0 Å². The minimum absolute atomic E-state index is 0.106. The summed E-state index contributed by atoms with van der Waals surface area (Å²) < 4.78 is 1.44. The van der Waals surface area contributed by atoms with Crippen molar-refractivity contribution in [1.29, 1.82) is 0 Å². The van der Waals surface area contributed by atoms with Gasteiger partial charge >= 0.3 is 0 Å². The Balaban J connectivity index is 1.95. The smallest absolute Gasteiger partial charge is 0.287 e. The molecule has 0 aliphatic rings. The van der Waals surface area contributed by atoms with Crippen LogP contribution in [0.15, 0.2) is 54.7 Å². The van der Waals surface area contributed by atoms with E-state index < -0.39 is 4.92 Å². The Labute approximate surface area is 126 Å². The molecule has 0 fully saturated rings. The van der Waals surface area contributed by atoms with Crippen LogP contribution in [-0.4, -0.2) is 15.4 Å². The van der Waals surface area contributed by atoms with Gasteiger partial charge in [-0.15, -0.1) is 0 Å². The van der Waals surface area contributed by atoms with Gasteiger partial charge < -0.3 is 9.88 Å². The van der Waals surface area contributed by atoms with Crippen LogP contribution >= 0.6 is 0 Å². The number of hydrogen-bond donors (Lipinski definition) is 1. The Bertz CT molecular complexity index is 878. The Morgan fingerprint density at radius 3 is 2.64 bits per heavy atom. The monoisotopic (exact) mass is 295 g/mol. The molecule has 1 heterocycles. The molecular formula is C16H13N3O3. The number of nitrogens with zero attached hydrogens (tertiary/aromatic N) is 2. The number of amides is 1. The van der Waals surface area contributed by atoms with Crippen molar-refractivity contribution in [3.05, 3.63) is 70.5 Å². The maximum atomic E-state index is 12.4. The van der Waals surface area contributed by atoms with Gasteiger partial charge in [0.05, 0.1) is 11.1 Å². The molecule has 0 saturated carbocycles. The summed E-state index contributed by atoms with van der Waals surface area (Å²) >= 11 is 0. The van der Waals surface area contributed by atoms with Gasteiger partial charge in [-0.05, 0) is 11.5 Å². The SMILES string of the molecule is Cn1cc([N+](=O)[O-])cc1C(=O)Nc1cccc2ccccc12. The van der Waals surface area contributed by atoms with E-state index >= 15 is 0 Å². The zero-order valence-corrected chi connectivity index (χ0v) is 11.8. The van der Waals surface area contributed by atoms with E-state index in [1.54, 1.807) is 13.1 Å². The number of aryl methyl sites for hydroxylation is 1. The number of fused-ring (bicyclic) bond motifs is 1. The number of nitro groups is 1. The molecule has 3 aromatic rings. The Morgan fingerprint density at radius 2 is 1.91 bits per heavy atom. The highest BCUT2D eigenvalue weighted by molar-refractivity contribution is 6.08. The molecule has 110 valence electrons. The lowest BCUT2D eigenvalue weighted by molar-refractivity contribution is -0.384. The number of carbonyl (C=O) groups is 1. The fourth-order valence-corrected chi connectivity index (χ4v) is 2.39. The molecule has 2 aromatic carbocycles. The highest BCUT2D eigenvalue weighted by Gasteiger charge is 2.18. The highest BCUT2D eigenvalue weighted by Crippen LogP contribution is 2.24. The van der Waals surface area contributed by atoms with Gasteiger partial charge in [0.1, 0.15) is 5.69 Å². The summed E-state index contributed by atoms with van der Waals surface area (Å²) in [5.41, 5.74) is 0.803. The van der Waals surface area contributed by atoms with Gasteiger partial charge in [-0.3, -0.25) is 14.9 Å². The summed E-state index contributed by atoms with van der Waals surface area (Å²) in [6.07, 6.45) is 1.32. The second kappa shape index (κ2) is 5.33. The normalized spacial score (nSPS) is 10.6. The number of rotatable bonds is 3. The molecular weight excluding hydrogens is 282 g/mol. The fourth-order valence-electron chi connectivity index (χ4n) is 2.39. The highest BCUT2D eigenvalue weighted by atomic mass is 16.6. The van der Waals surface area contributed by atoms with Crippen molar-refractivity contribution in [3.8, 4) is 0 Å². The van der Waals surface area contributed by atoms with Gasteiger partial charge in [0.15, 0.2) is 0 Å². The summed E-state index contributed by atoms with van der Waals surface area (Å²) in [4.78, 5) is 22.6. The largest absolute Gasteiger partial charge is 0.340 e. The van der Waals surface area contributed by atoms with E-state index in [9.17, 15) is 14.9 Å². The molecule has 1 amide bonds. The molecule has 0 atom stereocenters. The number of nitrogens with one attached hydrogen (secondary N) is 1. The van der Waals surface area contributed by atoms with E-state index in [1.165, 1.54) is 16.8 Å². The number of aromatic nitrogens is 1. The van der Waals surface area contributed by atoms with Crippen molar-refractivity contribution in [2.45, 2.75) is 0 Å². The maximum Gasteiger partial charge on any atom is 0.287 e. The van der Waals surface area contributed by atoms with Gasteiger partial charge in [0.25, 0.3) is 11.6 Å². The van der Waals surface area contributed by atoms with Gasteiger partial charge in [0, 0.05) is 24.2 Å². The van der Waals surface area contributed by atoms with E-state index in [0.29, 0.717) is 5.69 Å². The lowest BCUT2D eigenvalue weighted by atomic mass is 10.1. The standard InChI is InChI=1S/C16H13N3O3/c1-18-10-12(19(21)22)9-15(18)16(20)17-14-8-4-6-11-5-2-3-7-13(11)14/h2-10H,1H3,(H,17,20). The van der Waals surface area contributed by atoms with Crippen LogP contribution in [0.4, 0.5) is 11.4 Å². The number of hydrogen-bond acceptors (Lipinski definition) is 3. The summed E-state index contributed by atoms with van der Waals surface area (Å²) in [5.74, 6) is -0.382. The molecule has 3 rings (SSSR count). The van der Waals surface area contributed by atoms with Crippen LogP contribution in [0, 0.1) is 10.1 Å². The molecule has 0 aliphatic heterocycles. The minimum atomic E-state index is -0.519. The summed E-state index contributed by atoms with van der Waals surface area (Å²) in [7, 11) is 1.60. The lowest BCUT2D eigenvalue weighted by Gasteiger charge is -2.09. The van der Waals surface area contributed by atoms with Gasteiger partial charge in [0.2, 0.25) is 0 Å². The third-order valence-electron chi connectivity index (χ3n) is 3.47. The van der Waals surface area contributed by atoms with Crippen molar-refractivity contribution < 1.29 is 9.72 Å².